The van der Waals surface area contributed by atoms with E-state index in [4.69, 9.17) is 5.11 Å². The summed E-state index contributed by atoms with van der Waals surface area (Å²) in [5.74, 6) is -2.15. The van der Waals surface area contributed by atoms with Crippen molar-refractivity contribution in [2.45, 2.75) is 24.3 Å². The highest BCUT2D eigenvalue weighted by molar-refractivity contribution is 7.90. The van der Waals surface area contributed by atoms with Crippen LogP contribution in [0.4, 0.5) is 5.69 Å². The minimum Gasteiger partial charge on any atom is -0.478 e. The van der Waals surface area contributed by atoms with E-state index in [0.29, 0.717) is 0 Å². The molecule has 11 heteroatoms. The highest BCUT2D eigenvalue weighted by Crippen LogP contribution is 2.20. The van der Waals surface area contributed by atoms with Gasteiger partial charge < -0.3 is 10.4 Å². The molecule has 0 atom stereocenters. The third-order valence-electron chi connectivity index (χ3n) is 2.85. The summed E-state index contributed by atoms with van der Waals surface area (Å²) in [5, 5.41) is 11.4. The van der Waals surface area contributed by atoms with Crippen LogP contribution in [0.1, 0.15) is 24.2 Å². The van der Waals surface area contributed by atoms with Gasteiger partial charge in [0.25, 0.3) is 0 Å². The molecule has 0 aliphatic rings. The number of carbonyl (C=O) groups is 2. The highest BCUT2D eigenvalue weighted by Gasteiger charge is 2.31. The van der Waals surface area contributed by atoms with Crippen molar-refractivity contribution in [2.75, 3.05) is 17.8 Å². The monoisotopic (exact) mass is 378 g/mol. The second kappa shape index (κ2) is 6.49. The number of aromatic carboxylic acids is 1. The fourth-order valence-corrected chi connectivity index (χ4v) is 3.51. The Morgan fingerprint density at radius 3 is 2.00 bits per heavy atom. The highest BCUT2D eigenvalue weighted by atomic mass is 32.2. The van der Waals surface area contributed by atoms with Gasteiger partial charge in [0, 0.05) is 11.9 Å². The lowest BCUT2D eigenvalue weighted by Gasteiger charge is -2.24. The van der Waals surface area contributed by atoms with Gasteiger partial charge in [0.2, 0.25) is 15.9 Å². The molecule has 24 heavy (non-hydrogen) atoms. The zero-order chi connectivity index (χ0) is 18.9. The molecule has 1 rings (SSSR count). The molecule has 0 spiro atoms. The molecule has 1 amide bonds. The number of carbonyl (C=O) groups excluding carboxylic acids is 1. The van der Waals surface area contributed by atoms with Gasteiger partial charge in [-0.15, -0.1) is 0 Å². The molecule has 0 bridgehead atoms. The van der Waals surface area contributed by atoms with E-state index in [1.165, 1.54) is 13.8 Å². The topological polar surface area (TPSA) is 147 Å². The Balaban J connectivity index is 3.26. The van der Waals surface area contributed by atoms with Gasteiger partial charge in [-0.1, -0.05) is 0 Å². The van der Waals surface area contributed by atoms with Gasteiger partial charge in [-0.3, -0.25) is 4.79 Å². The predicted molar refractivity (Wildman–Crippen MR) is 87.2 cm³/mol. The Labute approximate surface area is 140 Å². The van der Waals surface area contributed by atoms with E-state index in [1.807, 2.05) is 0 Å². The molecule has 1 aromatic rings. The van der Waals surface area contributed by atoms with Crippen LogP contribution in [0.15, 0.2) is 23.1 Å². The van der Waals surface area contributed by atoms with E-state index in [2.05, 4.69) is 10.0 Å². The maximum absolute atomic E-state index is 12.2. The average Bonchev–Trinajstić information content (AvgIpc) is 2.34. The summed E-state index contributed by atoms with van der Waals surface area (Å²) in [6.07, 6.45) is 1.78. The van der Waals surface area contributed by atoms with Crippen molar-refractivity contribution in [1.82, 2.24) is 4.72 Å². The molecule has 0 aliphatic carbocycles. The van der Waals surface area contributed by atoms with Crippen LogP contribution in [-0.4, -0.2) is 51.9 Å². The van der Waals surface area contributed by atoms with Crippen LogP contribution in [0.2, 0.25) is 0 Å². The Morgan fingerprint density at radius 1 is 1.04 bits per heavy atom. The van der Waals surface area contributed by atoms with Crippen LogP contribution in [0, 0.1) is 0 Å². The molecular formula is C13H18N2O7S2. The van der Waals surface area contributed by atoms with Crippen LogP contribution in [0.25, 0.3) is 0 Å². The van der Waals surface area contributed by atoms with Gasteiger partial charge in [0.15, 0.2) is 9.84 Å². The lowest BCUT2D eigenvalue weighted by atomic mass is 10.1. The molecule has 0 saturated carbocycles. The fourth-order valence-electron chi connectivity index (χ4n) is 1.81. The molecule has 134 valence electrons. The van der Waals surface area contributed by atoms with Crippen molar-refractivity contribution in [3.63, 3.8) is 0 Å². The van der Waals surface area contributed by atoms with E-state index < -0.39 is 37.3 Å². The number of sulfone groups is 1. The SMILES string of the molecule is CC(C)(NS(C)(=O)=O)C(=O)Nc1cc(C(=O)O)cc(S(C)(=O)=O)c1. The number of hydrogen-bond donors (Lipinski definition) is 3. The number of sulfonamides is 1. The normalized spacial score (nSPS) is 12.7. The van der Waals surface area contributed by atoms with Crippen molar-refractivity contribution >= 4 is 37.4 Å². The summed E-state index contributed by atoms with van der Waals surface area (Å²) in [4.78, 5) is 23.0. The van der Waals surface area contributed by atoms with E-state index in [-0.39, 0.29) is 16.1 Å². The largest absolute Gasteiger partial charge is 0.478 e. The smallest absolute Gasteiger partial charge is 0.335 e. The van der Waals surface area contributed by atoms with E-state index >= 15 is 0 Å². The second-order valence-corrected chi connectivity index (χ2v) is 9.54. The van der Waals surface area contributed by atoms with Crippen molar-refractivity contribution in [3.8, 4) is 0 Å². The van der Waals surface area contributed by atoms with Crippen LogP contribution >= 0.6 is 0 Å². The first-order valence-corrected chi connectivity index (χ1v) is 10.3. The molecule has 0 fully saturated rings. The van der Waals surface area contributed by atoms with E-state index in [0.717, 1.165) is 30.7 Å². The van der Waals surface area contributed by atoms with Gasteiger partial charge in [-0.25, -0.2) is 26.4 Å². The second-order valence-electron chi connectivity index (χ2n) is 5.78. The van der Waals surface area contributed by atoms with Crippen molar-refractivity contribution < 1.29 is 31.5 Å². The molecule has 0 radical (unpaired) electrons. The van der Waals surface area contributed by atoms with Crippen LogP contribution in [0.3, 0.4) is 0 Å². The minimum absolute atomic E-state index is 0.0799. The third kappa shape index (κ3) is 5.58. The molecule has 0 unspecified atom stereocenters. The van der Waals surface area contributed by atoms with Gasteiger partial charge in [-0.2, -0.15) is 0 Å². The number of hydrogen-bond acceptors (Lipinski definition) is 6. The molecule has 0 saturated heterocycles. The summed E-state index contributed by atoms with van der Waals surface area (Å²) in [6, 6.07) is 3.13. The maximum Gasteiger partial charge on any atom is 0.335 e. The number of carboxylic acids is 1. The summed E-state index contributed by atoms with van der Waals surface area (Å²) in [7, 11) is -7.38. The van der Waals surface area contributed by atoms with Crippen LogP contribution < -0.4 is 10.0 Å². The molecule has 3 N–H and O–H groups in total. The van der Waals surface area contributed by atoms with E-state index in [9.17, 15) is 26.4 Å². The van der Waals surface area contributed by atoms with Crippen molar-refractivity contribution in [1.29, 1.82) is 0 Å². The number of rotatable bonds is 6. The zero-order valence-electron chi connectivity index (χ0n) is 13.4. The summed E-state index contributed by atoms with van der Waals surface area (Å²) in [6.45, 7) is 2.61. The third-order valence-corrected chi connectivity index (χ3v) is 4.82. The van der Waals surface area contributed by atoms with E-state index in [1.54, 1.807) is 0 Å². The predicted octanol–water partition coefficient (Wildman–Crippen LogP) is 0.0546. The molecule has 0 aromatic heterocycles. The first-order valence-electron chi connectivity index (χ1n) is 6.51. The number of anilines is 1. The van der Waals surface area contributed by atoms with Gasteiger partial charge >= 0.3 is 5.97 Å². The first-order chi connectivity index (χ1) is 10.6. The number of benzene rings is 1. The lowest BCUT2D eigenvalue weighted by Crippen LogP contribution is -2.51. The zero-order valence-corrected chi connectivity index (χ0v) is 15.1. The Kier molecular flexibility index (Phi) is 5.43. The van der Waals surface area contributed by atoms with Gasteiger partial charge in [0.05, 0.1) is 16.7 Å². The first kappa shape index (κ1) is 20.1. The Hall–Kier alpha value is -1.98. The molecule has 0 aliphatic heterocycles. The molecule has 0 heterocycles. The molecule has 9 nitrogen and oxygen atoms in total. The van der Waals surface area contributed by atoms with Crippen LogP contribution in [-0.2, 0) is 24.7 Å². The summed E-state index contributed by atoms with van der Waals surface area (Å²) < 4.78 is 48.0. The average molecular weight is 378 g/mol. The minimum atomic E-state index is -3.71. The summed E-state index contributed by atoms with van der Waals surface area (Å²) in [5.41, 5.74) is -1.94. The molecule has 1 aromatic carbocycles. The van der Waals surface area contributed by atoms with Crippen molar-refractivity contribution in [2.24, 2.45) is 0 Å². The van der Waals surface area contributed by atoms with Gasteiger partial charge in [-0.05, 0) is 32.0 Å². The van der Waals surface area contributed by atoms with Crippen LogP contribution in [0.5, 0.6) is 0 Å². The number of amides is 1. The van der Waals surface area contributed by atoms with Crippen molar-refractivity contribution in [3.05, 3.63) is 23.8 Å². The Bertz CT molecular complexity index is 887. The number of nitrogens with one attached hydrogen (secondary N) is 2. The van der Waals surface area contributed by atoms with Gasteiger partial charge in [0.1, 0.15) is 5.54 Å². The number of carboxylic acid groups (broad SMARTS) is 1. The standard InChI is InChI=1S/C13H18N2O7S2/c1-13(2,15-24(4,21)22)12(18)14-9-5-8(11(16)17)6-10(7-9)23(3,19)20/h5-7,15H,1-4H3,(H,14,18)(H,16,17). The lowest BCUT2D eigenvalue weighted by molar-refractivity contribution is -0.120. The maximum atomic E-state index is 12.2. The Morgan fingerprint density at radius 2 is 1.58 bits per heavy atom. The fraction of sp³-hybridized carbons (Fsp3) is 0.385. The quantitative estimate of drug-likeness (QED) is 0.634. The molecular weight excluding hydrogens is 360 g/mol. The summed E-state index contributed by atoms with van der Waals surface area (Å²) >= 11 is 0.